The van der Waals surface area contributed by atoms with Gasteiger partial charge in [-0.1, -0.05) is 12.8 Å². The molecule has 0 aromatic carbocycles. The molecule has 1 rings (SSSR count). The van der Waals surface area contributed by atoms with E-state index in [4.69, 9.17) is 6.42 Å². The van der Waals surface area contributed by atoms with Gasteiger partial charge in [0.25, 0.3) is 0 Å². The number of halogens is 3. The van der Waals surface area contributed by atoms with Crippen LogP contribution in [-0.4, -0.2) is 18.8 Å². The van der Waals surface area contributed by atoms with Gasteiger partial charge in [0, 0.05) is 0 Å². The van der Waals surface area contributed by atoms with Crippen molar-refractivity contribution in [1.82, 2.24) is 5.32 Å². The van der Waals surface area contributed by atoms with Crippen LogP contribution in [-0.2, 0) is 0 Å². The maximum atomic E-state index is 12.5. The van der Waals surface area contributed by atoms with Gasteiger partial charge in [-0.2, -0.15) is 13.2 Å². The lowest BCUT2D eigenvalue weighted by Crippen LogP contribution is -2.39. The van der Waals surface area contributed by atoms with Crippen molar-refractivity contribution in [2.24, 2.45) is 11.8 Å². The molecule has 0 spiro atoms. The number of hydrogen-bond donors (Lipinski definition) is 1. The standard InChI is InChI=1S/C13H20F3N/c1-3-9-17-12(4-2)10-5-7-11(8-6-10)13(14,15)16/h2,10-12,17H,3,5-9H2,1H3. The third-order valence-corrected chi connectivity index (χ3v) is 3.50. The van der Waals surface area contributed by atoms with Crippen molar-refractivity contribution in [2.75, 3.05) is 6.54 Å². The molecule has 0 aliphatic heterocycles. The first-order valence-electron chi connectivity index (χ1n) is 6.25. The van der Waals surface area contributed by atoms with E-state index in [0.29, 0.717) is 12.8 Å². The molecule has 1 aliphatic carbocycles. The molecule has 1 nitrogen and oxygen atoms in total. The van der Waals surface area contributed by atoms with Crippen molar-refractivity contribution in [3.05, 3.63) is 0 Å². The fourth-order valence-corrected chi connectivity index (χ4v) is 2.44. The molecule has 1 unspecified atom stereocenters. The van der Waals surface area contributed by atoms with Gasteiger partial charge in [0.05, 0.1) is 12.0 Å². The van der Waals surface area contributed by atoms with E-state index >= 15 is 0 Å². The molecule has 0 aromatic rings. The van der Waals surface area contributed by atoms with Gasteiger partial charge in [0.1, 0.15) is 0 Å². The van der Waals surface area contributed by atoms with E-state index in [0.717, 1.165) is 13.0 Å². The third-order valence-electron chi connectivity index (χ3n) is 3.50. The van der Waals surface area contributed by atoms with Crippen LogP contribution in [0.2, 0.25) is 0 Å². The minimum absolute atomic E-state index is 0.0656. The van der Waals surface area contributed by atoms with E-state index in [9.17, 15) is 13.2 Å². The van der Waals surface area contributed by atoms with Crippen molar-refractivity contribution in [3.8, 4) is 12.3 Å². The highest BCUT2D eigenvalue weighted by Crippen LogP contribution is 2.40. The minimum Gasteiger partial charge on any atom is -0.303 e. The van der Waals surface area contributed by atoms with Gasteiger partial charge in [-0.15, -0.1) is 6.42 Å². The highest BCUT2D eigenvalue weighted by atomic mass is 19.4. The summed E-state index contributed by atoms with van der Waals surface area (Å²) in [7, 11) is 0. The van der Waals surface area contributed by atoms with Crippen molar-refractivity contribution in [1.29, 1.82) is 0 Å². The molecule has 1 fully saturated rings. The largest absolute Gasteiger partial charge is 0.391 e. The zero-order chi connectivity index (χ0) is 12.9. The van der Waals surface area contributed by atoms with E-state index in [1.54, 1.807) is 0 Å². The van der Waals surface area contributed by atoms with Crippen LogP contribution in [0, 0.1) is 24.2 Å². The van der Waals surface area contributed by atoms with Crippen LogP contribution in [0.5, 0.6) is 0 Å². The molecule has 0 bridgehead atoms. The molecule has 17 heavy (non-hydrogen) atoms. The predicted molar refractivity (Wildman–Crippen MR) is 62.4 cm³/mol. The van der Waals surface area contributed by atoms with Crippen LogP contribution < -0.4 is 5.32 Å². The normalized spacial score (nSPS) is 27.5. The van der Waals surface area contributed by atoms with Crippen molar-refractivity contribution in [3.63, 3.8) is 0 Å². The predicted octanol–water partition coefficient (Wildman–Crippen LogP) is 3.36. The Hall–Kier alpha value is -0.690. The molecule has 1 N–H and O–H groups in total. The number of nitrogens with one attached hydrogen (secondary N) is 1. The van der Waals surface area contributed by atoms with Crippen LogP contribution in [0.1, 0.15) is 39.0 Å². The summed E-state index contributed by atoms with van der Waals surface area (Å²) in [4.78, 5) is 0. The molecular formula is C13H20F3N. The van der Waals surface area contributed by atoms with E-state index in [1.807, 2.05) is 6.92 Å². The Bertz CT molecular complexity index is 259. The van der Waals surface area contributed by atoms with E-state index in [2.05, 4.69) is 11.2 Å². The summed E-state index contributed by atoms with van der Waals surface area (Å²) in [6.45, 7) is 2.87. The topological polar surface area (TPSA) is 12.0 Å². The molecule has 1 atom stereocenters. The van der Waals surface area contributed by atoms with Crippen LogP contribution in [0.15, 0.2) is 0 Å². The van der Waals surface area contributed by atoms with Gasteiger partial charge in [-0.05, 0) is 44.6 Å². The average molecular weight is 247 g/mol. The molecule has 0 amide bonds. The fraction of sp³-hybridized carbons (Fsp3) is 0.846. The van der Waals surface area contributed by atoms with Crippen LogP contribution in [0.4, 0.5) is 13.2 Å². The molecule has 98 valence electrons. The number of alkyl halides is 3. The van der Waals surface area contributed by atoms with E-state index < -0.39 is 12.1 Å². The Kier molecular flexibility index (Phi) is 5.32. The first-order chi connectivity index (χ1) is 7.99. The summed E-state index contributed by atoms with van der Waals surface area (Å²) in [5.41, 5.74) is 0. The molecule has 0 aromatic heterocycles. The number of terminal acetylenes is 1. The minimum atomic E-state index is -4.03. The zero-order valence-electron chi connectivity index (χ0n) is 10.2. The second-order valence-corrected chi connectivity index (χ2v) is 4.75. The Morgan fingerprint density at radius 2 is 1.88 bits per heavy atom. The highest BCUT2D eigenvalue weighted by molar-refractivity contribution is 5.03. The summed E-state index contributed by atoms with van der Waals surface area (Å²) < 4.78 is 37.5. The second kappa shape index (κ2) is 6.30. The molecule has 0 radical (unpaired) electrons. The molecule has 0 heterocycles. The molecule has 0 saturated heterocycles. The third kappa shape index (κ3) is 4.23. The Morgan fingerprint density at radius 3 is 2.29 bits per heavy atom. The van der Waals surface area contributed by atoms with Crippen molar-refractivity contribution in [2.45, 2.75) is 51.2 Å². The smallest absolute Gasteiger partial charge is 0.303 e. The molecule has 4 heteroatoms. The maximum Gasteiger partial charge on any atom is 0.391 e. The summed E-state index contributed by atoms with van der Waals surface area (Å²) in [5.74, 6) is 1.75. The van der Waals surface area contributed by atoms with E-state index in [-0.39, 0.29) is 24.8 Å². The first-order valence-corrected chi connectivity index (χ1v) is 6.25. The van der Waals surface area contributed by atoms with Crippen LogP contribution in [0.3, 0.4) is 0 Å². The van der Waals surface area contributed by atoms with Crippen molar-refractivity contribution >= 4 is 0 Å². The zero-order valence-corrected chi connectivity index (χ0v) is 10.2. The summed E-state index contributed by atoms with van der Waals surface area (Å²) in [5, 5.41) is 3.23. The summed E-state index contributed by atoms with van der Waals surface area (Å²) in [6, 6.07) is -0.0656. The number of hydrogen-bond acceptors (Lipinski definition) is 1. The maximum absolute atomic E-state index is 12.5. The lowest BCUT2D eigenvalue weighted by molar-refractivity contribution is -0.184. The second-order valence-electron chi connectivity index (χ2n) is 4.75. The number of rotatable bonds is 4. The van der Waals surface area contributed by atoms with Gasteiger partial charge in [-0.25, -0.2) is 0 Å². The first kappa shape index (κ1) is 14.4. The lowest BCUT2D eigenvalue weighted by Gasteiger charge is -2.33. The Morgan fingerprint density at radius 1 is 1.29 bits per heavy atom. The van der Waals surface area contributed by atoms with Crippen molar-refractivity contribution < 1.29 is 13.2 Å². The van der Waals surface area contributed by atoms with Gasteiger partial charge < -0.3 is 5.32 Å². The SMILES string of the molecule is C#CC(NCCC)C1CCC(C(F)(F)F)CC1. The van der Waals surface area contributed by atoms with Crippen LogP contribution in [0.25, 0.3) is 0 Å². The van der Waals surface area contributed by atoms with Gasteiger partial charge in [-0.3, -0.25) is 0 Å². The lowest BCUT2D eigenvalue weighted by atomic mass is 9.78. The van der Waals surface area contributed by atoms with E-state index in [1.165, 1.54) is 0 Å². The van der Waals surface area contributed by atoms with Gasteiger partial charge >= 0.3 is 6.18 Å². The fourth-order valence-electron chi connectivity index (χ4n) is 2.44. The summed E-state index contributed by atoms with van der Waals surface area (Å²) in [6.07, 6.45) is 3.98. The van der Waals surface area contributed by atoms with Gasteiger partial charge in [0.15, 0.2) is 0 Å². The Labute approximate surface area is 101 Å². The quantitative estimate of drug-likeness (QED) is 0.751. The average Bonchev–Trinajstić information content (AvgIpc) is 2.29. The summed E-state index contributed by atoms with van der Waals surface area (Å²) >= 11 is 0. The highest BCUT2D eigenvalue weighted by Gasteiger charge is 2.42. The molecule has 1 saturated carbocycles. The monoisotopic (exact) mass is 247 g/mol. The van der Waals surface area contributed by atoms with Crippen LogP contribution >= 0.6 is 0 Å². The van der Waals surface area contributed by atoms with Gasteiger partial charge in [0.2, 0.25) is 0 Å². The molecule has 1 aliphatic rings. The Balaban J connectivity index is 2.42. The molecular weight excluding hydrogens is 227 g/mol.